The van der Waals surface area contributed by atoms with E-state index in [0.717, 1.165) is 24.3 Å². The predicted molar refractivity (Wildman–Crippen MR) is 56.4 cm³/mol. The van der Waals surface area contributed by atoms with E-state index in [1.54, 1.807) is 0 Å². The molecule has 0 aromatic heterocycles. The summed E-state index contributed by atoms with van der Waals surface area (Å²) in [4.78, 5) is 0. The number of alkyl halides is 3. The van der Waals surface area contributed by atoms with Crippen molar-refractivity contribution in [2.24, 2.45) is 5.73 Å². The lowest BCUT2D eigenvalue weighted by Crippen LogP contribution is -2.34. The molecule has 1 rings (SSSR count). The van der Waals surface area contributed by atoms with Crippen LogP contribution >= 0.6 is 0 Å². The first kappa shape index (κ1) is 13.8. The first-order valence-electron chi connectivity index (χ1n) is 5.03. The molecule has 0 aliphatic rings. The highest BCUT2D eigenvalue weighted by Gasteiger charge is 2.30. The van der Waals surface area contributed by atoms with E-state index in [1.807, 2.05) is 0 Å². The van der Waals surface area contributed by atoms with Gasteiger partial charge in [0.2, 0.25) is 5.79 Å². The molecule has 17 heavy (non-hydrogen) atoms. The van der Waals surface area contributed by atoms with Crippen molar-refractivity contribution in [1.29, 1.82) is 0 Å². The molecule has 1 aromatic rings. The first-order chi connectivity index (χ1) is 7.74. The van der Waals surface area contributed by atoms with E-state index in [0.29, 0.717) is 0 Å². The van der Waals surface area contributed by atoms with E-state index in [-0.39, 0.29) is 18.7 Å². The third-order valence-electron chi connectivity index (χ3n) is 2.13. The molecule has 0 saturated heterocycles. The highest BCUT2D eigenvalue weighted by atomic mass is 19.4. The number of hydrogen-bond acceptors (Lipinski definition) is 3. The standard InChI is InChI=1S/C11H14F3NO2/c1-10(16,6-7-15)17-9-4-2-8(3-5-9)11(12,13)14/h2-5,16H,6-7,15H2,1H3. The van der Waals surface area contributed by atoms with E-state index >= 15 is 0 Å². The Kier molecular flexibility index (Phi) is 4.00. The molecule has 3 nitrogen and oxygen atoms in total. The van der Waals surface area contributed by atoms with Gasteiger partial charge in [0.15, 0.2) is 0 Å². The second-order valence-electron chi connectivity index (χ2n) is 3.84. The molecule has 1 aromatic carbocycles. The van der Waals surface area contributed by atoms with Gasteiger partial charge >= 0.3 is 6.18 Å². The van der Waals surface area contributed by atoms with E-state index in [4.69, 9.17) is 10.5 Å². The monoisotopic (exact) mass is 249 g/mol. The fourth-order valence-corrected chi connectivity index (χ4v) is 1.28. The Labute approximate surface area is 97.0 Å². The van der Waals surface area contributed by atoms with Gasteiger partial charge in [0.1, 0.15) is 5.75 Å². The molecule has 0 saturated carbocycles. The van der Waals surface area contributed by atoms with Crippen LogP contribution < -0.4 is 10.5 Å². The van der Waals surface area contributed by atoms with Gasteiger partial charge in [-0.1, -0.05) is 0 Å². The van der Waals surface area contributed by atoms with E-state index in [9.17, 15) is 18.3 Å². The van der Waals surface area contributed by atoms with Crippen molar-refractivity contribution in [3.63, 3.8) is 0 Å². The highest BCUT2D eigenvalue weighted by molar-refractivity contribution is 5.29. The second-order valence-corrected chi connectivity index (χ2v) is 3.84. The maximum absolute atomic E-state index is 12.3. The molecule has 0 bridgehead atoms. The van der Waals surface area contributed by atoms with Crippen LogP contribution in [0.2, 0.25) is 0 Å². The number of aliphatic hydroxyl groups is 1. The molecule has 1 atom stereocenters. The Morgan fingerprint density at radius 2 is 1.76 bits per heavy atom. The summed E-state index contributed by atoms with van der Waals surface area (Å²) in [6.07, 6.45) is -4.19. The summed E-state index contributed by atoms with van der Waals surface area (Å²) in [6.45, 7) is 1.62. The summed E-state index contributed by atoms with van der Waals surface area (Å²) < 4.78 is 41.9. The van der Waals surface area contributed by atoms with Gasteiger partial charge in [0.25, 0.3) is 0 Å². The van der Waals surface area contributed by atoms with Gasteiger partial charge in [-0.3, -0.25) is 0 Å². The largest absolute Gasteiger partial charge is 0.463 e. The molecule has 0 amide bonds. The van der Waals surface area contributed by atoms with Crippen molar-refractivity contribution in [3.05, 3.63) is 29.8 Å². The number of nitrogens with two attached hydrogens (primary N) is 1. The molecule has 0 radical (unpaired) electrons. The van der Waals surface area contributed by atoms with Crippen molar-refractivity contribution >= 4 is 0 Å². The lowest BCUT2D eigenvalue weighted by molar-refractivity contribution is -0.137. The Balaban J connectivity index is 2.75. The molecule has 0 heterocycles. The number of ether oxygens (including phenoxy) is 1. The number of rotatable bonds is 4. The van der Waals surface area contributed by atoms with Crippen LogP contribution in [0.15, 0.2) is 24.3 Å². The quantitative estimate of drug-likeness (QED) is 0.804. The van der Waals surface area contributed by atoms with Crippen molar-refractivity contribution in [2.75, 3.05) is 6.54 Å². The minimum Gasteiger partial charge on any atom is -0.463 e. The molecular formula is C11H14F3NO2. The molecule has 6 heteroatoms. The summed E-state index contributed by atoms with van der Waals surface area (Å²) in [5.74, 6) is -1.31. The molecule has 0 aliphatic carbocycles. The molecule has 3 N–H and O–H groups in total. The first-order valence-corrected chi connectivity index (χ1v) is 5.03. The Morgan fingerprint density at radius 3 is 2.18 bits per heavy atom. The molecular weight excluding hydrogens is 235 g/mol. The zero-order chi connectivity index (χ0) is 13.1. The zero-order valence-electron chi connectivity index (χ0n) is 9.29. The number of halogens is 3. The van der Waals surface area contributed by atoms with Crippen molar-refractivity contribution in [3.8, 4) is 5.75 Å². The number of hydrogen-bond donors (Lipinski definition) is 2. The fourth-order valence-electron chi connectivity index (χ4n) is 1.28. The van der Waals surface area contributed by atoms with Crippen LogP contribution in [0.3, 0.4) is 0 Å². The smallest absolute Gasteiger partial charge is 0.416 e. The van der Waals surface area contributed by atoms with Gasteiger partial charge in [0.05, 0.1) is 5.56 Å². The molecule has 0 fully saturated rings. The van der Waals surface area contributed by atoms with Gasteiger partial charge in [-0.2, -0.15) is 13.2 Å². The predicted octanol–water partition coefficient (Wildman–Crippen LogP) is 2.14. The third kappa shape index (κ3) is 4.24. The topological polar surface area (TPSA) is 55.5 Å². The SMILES string of the molecule is CC(O)(CCN)Oc1ccc(C(F)(F)F)cc1. The van der Waals surface area contributed by atoms with E-state index in [1.165, 1.54) is 6.92 Å². The highest BCUT2D eigenvalue weighted by Crippen LogP contribution is 2.30. The van der Waals surface area contributed by atoms with Crippen LogP contribution in [0.4, 0.5) is 13.2 Å². The summed E-state index contributed by atoms with van der Waals surface area (Å²) >= 11 is 0. The van der Waals surface area contributed by atoms with Gasteiger partial charge in [0, 0.05) is 13.3 Å². The second kappa shape index (κ2) is 4.93. The average molecular weight is 249 g/mol. The Hall–Kier alpha value is -1.27. The normalized spacial score (nSPS) is 15.4. The van der Waals surface area contributed by atoms with Gasteiger partial charge in [-0.05, 0) is 30.8 Å². The summed E-state index contributed by atoms with van der Waals surface area (Å²) in [6, 6.07) is 4.11. The minimum atomic E-state index is -4.38. The van der Waals surface area contributed by atoms with Crippen LogP contribution in [-0.2, 0) is 6.18 Å². The molecule has 0 spiro atoms. The summed E-state index contributed by atoms with van der Waals surface area (Å²) in [5.41, 5.74) is 4.50. The molecule has 0 aliphatic heterocycles. The lowest BCUT2D eigenvalue weighted by Gasteiger charge is -2.24. The van der Waals surface area contributed by atoms with Crippen LogP contribution in [0.5, 0.6) is 5.75 Å². The van der Waals surface area contributed by atoms with Gasteiger partial charge in [-0.25, -0.2) is 0 Å². The van der Waals surface area contributed by atoms with Crippen LogP contribution in [0.25, 0.3) is 0 Å². The van der Waals surface area contributed by atoms with Crippen LogP contribution in [0, 0.1) is 0 Å². The zero-order valence-corrected chi connectivity index (χ0v) is 9.29. The maximum atomic E-state index is 12.3. The average Bonchev–Trinajstić information content (AvgIpc) is 2.16. The summed E-state index contributed by atoms with van der Waals surface area (Å²) in [5, 5.41) is 9.67. The van der Waals surface area contributed by atoms with Gasteiger partial charge < -0.3 is 15.6 Å². The van der Waals surface area contributed by atoms with Crippen LogP contribution in [0.1, 0.15) is 18.9 Å². The third-order valence-corrected chi connectivity index (χ3v) is 2.13. The van der Waals surface area contributed by atoms with Crippen molar-refractivity contribution < 1.29 is 23.0 Å². The molecule has 96 valence electrons. The minimum absolute atomic E-state index is 0.163. The molecule has 1 unspecified atom stereocenters. The maximum Gasteiger partial charge on any atom is 0.416 e. The Morgan fingerprint density at radius 1 is 1.24 bits per heavy atom. The lowest BCUT2D eigenvalue weighted by atomic mass is 10.2. The summed E-state index contributed by atoms with van der Waals surface area (Å²) in [7, 11) is 0. The van der Waals surface area contributed by atoms with Crippen LogP contribution in [-0.4, -0.2) is 17.4 Å². The van der Waals surface area contributed by atoms with E-state index in [2.05, 4.69) is 0 Å². The Bertz CT molecular complexity index is 360. The van der Waals surface area contributed by atoms with Gasteiger partial charge in [-0.15, -0.1) is 0 Å². The van der Waals surface area contributed by atoms with E-state index < -0.39 is 17.5 Å². The fraction of sp³-hybridized carbons (Fsp3) is 0.455. The van der Waals surface area contributed by atoms with Crippen molar-refractivity contribution in [2.45, 2.75) is 25.3 Å². The number of benzene rings is 1. The van der Waals surface area contributed by atoms with Crippen molar-refractivity contribution in [1.82, 2.24) is 0 Å².